The van der Waals surface area contributed by atoms with E-state index in [0.717, 1.165) is 36.1 Å². The minimum Gasteiger partial charge on any atom is -0.383 e. The van der Waals surface area contributed by atoms with Crippen LogP contribution >= 0.6 is 11.6 Å². The number of rotatable bonds is 7. The Morgan fingerprint density at radius 3 is 2.65 bits per heavy atom. The molecule has 1 aromatic rings. The van der Waals surface area contributed by atoms with Crippen molar-refractivity contribution in [3.8, 4) is 0 Å². The van der Waals surface area contributed by atoms with Gasteiger partial charge < -0.3 is 9.64 Å². The number of anilines is 1. The fraction of sp³-hybridized carbons (Fsp3) is 0.733. The van der Waals surface area contributed by atoms with Crippen LogP contribution in [-0.2, 0) is 11.2 Å². The maximum atomic E-state index is 6.27. The summed E-state index contributed by atoms with van der Waals surface area (Å²) in [5, 5.41) is 0.567. The van der Waals surface area contributed by atoms with Gasteiger partial charge in [0.25, 0.3) is 0 Å². The lowest BCUT2D eigenvalue weighted by molar-refractivity contribution is 0.202. The molecule has 1 aliphatic carbocycles. The molecule has 20 heavy (non-hydrogen) atoms. The summed E-state index contributed by atoms with van der Waals surface area (Å²) < 4.78 is 5.25. The molecule has 2 rings (SSSR count). The monoisotopic (exact) mass is 297 g/mol. The summed E-state index contributed by atoms with van der Waals surface area (Å²) in [5.41, 5.74) is 0.965. The fourth-order valence-corrected chi connectivity index (χ4v) is 2.67. The van der Waals surface area contributed by atoms with Gasteiger partial charge in [-0.15, -0.1) is 0 Å². The summed E-state index contributed by atoms with van der Waals surface area (Å²) in [4.78, 5) is 11.4. The average molecular weight is 298 g/mol. The van der Waals surface area contributed by atoms with Crippen molar-refractivity contribution < 1.29 is 4.74 Å². The van der Waals surface area contributed by atoms with E-state index in [-0.39, 0.29) is 0 Å². The standard InChI is InChI=1S/C15H24ClN3O/c1-5-13-17-14(16)10(2)15(18-13)19(8-9-20-4)11(3)12-6-7-12/h11-12H,5-9H2,1-4H3. The van der Waals surface area contributed by atoms with Crippen molar-refractivity contribution >= 4 is 17.4 Å². The molecule has 0 amide bonds. The Balaban J connectivity index is 2.33. The van der Waals surface area contributed by atoms with E-state index >= 15 is 0 Å². The molecule has 1 fully saturated rings. The third-order valence-electron chi connectivity index (χ3n) is 4.03. The van der Waals surface area contributed by atoms with Gasteiger partial charge in [0, 0.05) is 31.7 Å². The Morgan fingerprint density at radius 1 is 1.40 bits per heavy atom. The molecule has 1 aliphatic rings. The minimum absolute atomic E-state index is 0.472. The van der Waals surface area contributed by atoms with E-state index in [1.54, 1.807) is 7.11 Å². The van der Waals surface area contributed by atoms with E-state index in [1.165, 1.54) is 12.8 Å². The molecule has 0 N–H and O–H groups in total. The van der Waals surface area contributed by atoms with Crippen LogP contribution in [0.4, 0.5) is 5.82 Å². The number of methoxy groups -OCH3 is 1. The first-order valence-corrected chi connectivity index (χ1v) is 7.74. The van der Waals surface area contributed by atoms with Crippen LogP contribution < -0.4 is 4.90 Å². The average Bonchev–Trinajstić information content (AvgIpc) is 3.27. The molecule has 0 spiro atoms. The molecule has 1 unspecified atom stereocenters. The second-order valence-corrected chi connectivity index (χ2v) is 5.86. The fourth-order valence-electron chi connectivity index (χ4n) is 2.48. The Bertz CT molecular complexity index is 463. The summed E-state index contributed by atoms with van der Waals surface area (Å²) in [6.07, 6.45) is 3.41. The van der Waals surface area contributed by atoms with Gasteiger partial charge in [0.05, 0.1) is 6.61 Å². The molecule has 0 bridgehead atoms. The normalized spacial score (nSPS) is 16.2. The van der Waals surface area contributed by atoms with Crippen LogP contribution in [0.2, 0.25) is 5.15 Å². The van der Waals surface area contributed by atoms with Crippen LogP contribution in [0.5, 0.6) is 0 Å². The number of nitrogens with zero attached hydrogens (tertiary/aromatic N) is 3. The zero-order valence-corrected chi connectivity index (χ0v) is 13.6. The summed E-state index contributed by atoms with van der Waals surface area (Å²) in [7, 11) is 1.73. The zero-order chi connectivity index (χ0) is 14.7. The Kier molecular flexibility index (Phi) is 5.22. The van der Waals surface area contributed by atoms with Gasteiger partial charge in [0.1, 0.15) is 16.8 Å². The molecule has 112 valence electrons. The van der Waals surface area contributed by atoms with Crippen molar-refractivity contribution in [2.45, 2.75) is 46.1 Å². The highest BCUT2D eigenvalue weighted by molar-refractivity contribution is 6.30. The van der Waals surface area contributed by atoms with E-state index < -0.39 is 0 Å². The number of halogens is 1. The molecule has 0 aromatic carbocycles. The van der Waals surface area contributed by atoms with E-state index in [2.05, 4.69) is 23.7 Å². The van der Waals surface area contributed by atoms with Crippen molar-refractivity contribution in [2.24, 2.45) is 5.92 Å². The predicted molar refractivity (Wildman–Crippen MR) is 82.6 cm³/mol. The summed E-state index contributed by atoms with van der Waals surface area (Å²) in [5.74, 6) is 2.55. The third-order valence-corrected chi connectivity index (χ3v) is 4.40. The Hall–Kier alpha value is -0.870. The van der Waals surface area contributed by atoms with E-state index in [4.69, 9.17) is 21.3 Å². The van der Waals surface area contributed by atoms with Crippen LogP contribution in [0.25, 0.3) is 0 Å². The molecule has 4 nitrogen and oxygen atoms in total. The van der Waals surface area contributed by atoms with Crippen molar-refractivity contribution in [3.63, 3.8) is 0 Å². The maximum absolute atomic E-state index is 6.27. The lowest BCUT2D eigenvalue weighted by atomic mass is 10.1. The van der Waals surface area contributed by atoms with Crippen molar-refractivity contribution in [1.82, 2.24) is 9.97 Å². The molecule has 1 saturated carbocycles. The Labute approximate surface area is 126 Å². The van der Waals surface area contributed by atoms with Gasteiger partial charge in [0.15, 0.2) is 0 Å². The Morgan fingerprint density at radius 2 is 2.10 bits per heavy atom. The molecule has 0 saturated heterocycles. The van der Waals surface area contributed by atoms with Gasteiger partial charge >= 0.3 is 0 Å². The van der Waals surface area contributed by atoms with Gasteiger partial charge in [-0.25, -0.2) is 9.97 Å². The highest BCUT2D eigenvalue weighted by Crippen LogP contribution is 2.37. The van der Waals surface area contributed by atoms with Gasteiger partial charge in [-0.2, -0.15) is 0 Å². The first-order chi connectivity index (χ1) is 9.58. The van der Waals surface area contributed by atoms with Gasteiger partial charge in [-0.3, -0.25) is 0 Å². The van der Waals surface area contributed by atoms with Gasteiger partial charge in [0.2, 0.25) is 0 Å². The number of ether oxygens (including phenoxy) is 1. The van der Waals surface area contributed by atoms with Crippen LogP contribution in [0.15, 0.2) is 0 Å². The van der Waals surface area contributed by atoms with E-state index in [9.17, 15) is 0 Å². The highest BCUT2D eigenvalue weighted by atomic mass is 35.5. The predicted octanol–water partition coefficient (Wildman–Crippen LogP) is 3.25. The lowest BCUT2D eigenvalue weighted by Crippen LogP contribution is -2.38. The minimum atomic E-state index is 0.472. The molecular weight excluding hydrogens is 274 g/mol. The lowest BCUT2D eigenvalue weighted by Gasteiger charge is -2.31. The zero-order valence-electron chi connectivity index (χ0n) is 12.8. The molecule has 0 radical (unpaired) electrons. The molecule has 5 heteroatoms. The smallest absolute Gasteiger partial charge is 0.137 e. The first kappa shape index (κ1) is 15.5. The molecule has 1 heterocycles. The molecular formula is C15H24ClN3O. The van der Waals surface area contributed by atoms with Crippen molar-refractivity contribution in [2.75, 3.05) is 25.2 Å². The van der Waals surface area contributed by atoms with Crippen LogP contribution in [0, 0.1) is 12.8 Å². The summed E-state index contributed by atoms with van der Waals surface area (Å²) in [6, 6.07) is 0.472. The summed E-state index contributed by atoms with van der Waals surface area (Å²) in [6.45, 7) is 7.85. The van der Waals surface area contributed by atoms with Gasteiger partial charge in [-0.1, -0.05) is 18.5 Å². The molecule has 0 aliphatic heterocycles. The third kappa shape index (κ3) is 3.41. The SMILES string of the molecule is CCc1nc(Cl)c(C)c(N(CCOC)C(C)C2CC2)n1. The first-order valence-electron chi connectivity index (χ1n) is 7.37. The van der Waals surface area contributed by atoms with Crippen molar-refractivity contribution in [3.05, 3.63) is 16.5 Å². The largest absolute Gasteiger partial charge is 0.383 e. The molecule has 1 atom stereocenters. The second kappa shape index (κ2) is 6.72. The van der Waals surface area contributed by atoms with Crippen LogP contribution in [-0.4, -0.2) is 36.3 Å². The number of aromatic nitrogens is 2. The second-order valence-electron chi connectivity index (χ2n) is 5.50. The van der Waals surface area contributed by atoms with E-state index in [1.807, 2.05) is 6.92 Å². The van der Waals surface area contributed by atoms with Crippen LogP contribution in [0.3, 0.4) is 0 Å². The number of hydrogen-bond donors (Lipinski definition) is 0. The quantitative estimate of drug-likeness (QED) is 0.724. The van der Waals surface area contributed by atoms with Crippen LogP contribution in [0.1, 0.15) is 38.1 Å². The topological polar surface area (TPSA) is 38.2 Å². The number of aryl methyl sites for hydroxylation is 1. The van der Waals surface area contributed by atoms with E-state index in [0.29, 0.717) is 17.8 Å². The van der Waals surface area contributed by atoms with Gasteiger partial charge in [-0.05, 0) is 32.6 Å². The highest BCUT2D eigenvalue weighted by Gasteiger charge is 2.33. The number of hydrogen-bond acceptors (Lipinski definition) is 4. The molecule has 1 aromatic heterocycles. The van der Waals surface area contributed by atoms with Crippen molar-refractivity contribution in [1.29, 1.82) is 0 Å². The maximum Gasteiger partial charge on any atom is 0.137 e. The summed E-state index contributed by atoms with van der Waals surface area (Å²) >= 11 is 6.27.